The number of nitrogens with one attached hydrogen (secondary N) is 1. The van der Waals surface area contributed by atoms with Crippen LogP contribution in [0.15, 0.2) is 36.4 Å². The number of hydrogen-bond donors (Lipinski definition) is 1. The van der Waals surface area contributed by atoms with Crippen molar-refractivity contribution in [3.8, 4) is 5.75 Å². The maximum absolute atomic E-state index is 6.13. The van der Waals surface area contributed by atoms with Gasteiger partial charge in [0, 0.05) is 28.8 Å². The summed E-state index contributed by atoms with van der Waals surface area (Å²) in [6, 6.07) is 13.5. The minimum Gasteiger partial charge on any atom is -0.492 e. The molecule has 0 bridgehead atoms. The fourth-order valence-electron chi connectivity index (χ4n) is 2.58. The van der Waals surface area contributed by atoms with E-state index in [1.807, 2.05) is 11.8 Å². The Morgan fingerprint density at radius 3 is 2.57 bits per heavy atom. The lowest BCUT2D eigenvalue weighted by molar-refractivity contribution is 0.339. The van der Waals surface area contributed by atoms with Crippen molar-refractivity contribution in [3.63, 3.8) is 0 Å². The molecule has 114 valence electrons. The molecule has 2 aromatic rings. The van der Waals surface area contributed by atoms with Gasteiger partial charge in [0.05, 0.1) is 6.61 Å². The number of benzene rings is 2. The Morgan fingerprint density at radius 1 is 1.10 bits per heavy atom. The molecule has 2 aromatic carbocycles. The maximum atomic E-state index is 6.13. The number of ether oxygens (including phenoxy) is 1. The topological polar surface area (TPSA) is 21.3 Å². The summed E-state index contributed by atoms with van der Waals surface area (Å²) in [6.07, 6.45) is 2.11. The Hall–Kier alpha value is -1.19. The van der Waals surface area contributed by atoms with E-state index < -0.39 is 0 Å². The number of thioether (sulfide) groups is 1. The summed E-state index contributed by atoms with van der Waals surface area (Å²) >= 11 is 1.81. The van der Waals surface area contributed by atoms with Crippen LogP contribution in [0.5, 0.6) is 5.75 Å². The van der Waals surface area contributed by atoms with Crippen molar-refractivity contribution in [2.24, 2.45) is 0 Å². The largest absolute Gasteiger partial charge is 0.492 e. The monoisotopic (exact) mass is 303 g/mol. The molecule has 0 aliphatic heterocycles. The first-order valence-corrected chi connectivity index (χ1v) is 8.92. The molecule has 1 unspecified atom stereocenters. The highest BCUT2D eigenvalue weighted by molar-refractivity contribution is 7.98. The zero-order chi connectivity index (χ0) is 15.2. The van der Waals surface area contributed by atoms with Crippen LogP contribution in [0.3, 0.4) is 0 Å². The van der Waals surface area contributed by atoms with Gasteiger partial charge in [-0.05, 0) is 18.6 Å². The molecule has 2 rings (SSSR count). The van der Waals surface area contributed by atoms with E-state index in [9.17, 15) is 0 Å². The third-order valence-corrected chi connectivity index (χ3v) is 4.07. The first kappa shape index (κ1) is 16.2. The van der Waals surface area contributed by atoms with Gasteiger partial charge >= 0.3 is 0 Å². The Balaban J connectivity index is 2.40. The van der Waals surface area contributed by atoms with Crippen molar-refractivity contribution < 1.29 is 4.74 Å². The standard InChI is InChI=1S/C18H25NOS/c1-13(2)19-14(3)16-10-9-15-7-5-6-8-17(15)18(16)20-11-12-21-4/h5-10,13-14,19H,11-12H2,1-4H3. The molecular formula is C18H25NOS. The lowest BCUT2D eigenvalue weighted by Gasteiger charge is -2.22. The molecule has 0 heterocycles. The highest BCUT2D eigenvalue weighted by Gasteiger charge is 2.15. The third kappa shape index (κ3) is 4.14. The first-order chi connectivity index (χ1) is 10.1. The second kappa shape index (κ2) is 7.71. The number of rotatable bonds is 7. The van der Waals surface area contributed by atoms with Gasteiger partial charge in [-0.2, -0.15) is 11.8 Å². The molecule has 2 nitrogen and oxygen atoms in total. The summed E-state index contributed by atoms with van der Waals surface area (Å²) in [6.45, 7) is 7.29. The zero-order valence-corrected chi connectivity index (χ0v) is 14.2. The van der Waals surface area contributed by atoms with Crippen LogP contribution in [-0.4, -0.2) is 24.7 Å². The second-order valence-corrected chi connectivity index (χ2v) is 6.57. The fraction of sp³-hybridized carbons (Fsp3) is 0.444. The van der Waals surface area contributed by atoms with Gasteiger partial charge < -0.3 is 10.1 Å². The third-order valence-electron chi connectivity index (χ3n) is 3.49. The molecule has 0 fully saturated rings. The van der Waals surface area contributed by atoms with Crippen LogP contribution in [0.1, 0.15) is 32.4 Å². The minimum atomic E-state index is 0.277. The van der Waals surface area contributed by atoms with Gasteiger partial charge in [0.2, 0.25) is 0 Å². The molecule has 0 spiro atoms. The van der Waals surface area contributed by atoms with Crippen molar-refractivity contribution in [2.75, 3.05) is 18.6 Å². The molecule has 21 heavy (non-hydrogen) atoms. The summed E-state index contributed by atoms with van der Waals surface area (Å²) in [7, 11) is 0. The van der Waals surface area contributed by atoms with Crippen LogP contribution in [-0.2, 0) is 0 Å². The first-order valence-electron chi connectivity index (χ1n) is 7.53. The van der Waals surface area contributed by atoms with Gasteiger partial charge in [-0.25, -0.2) is 0 Å². The smallest absolute Gasteiger partial charge is 0.131 e. The van der Waals surface area contributed by atoms with E-state index in [1.165, 1.54) is 16.3 Å². The van der Waals surface area contributed by atoms with Crippen LogP contribution in [0.2, 0.25) is 0 Å². The Bertz CT molecular complexity index is 582. The van der Waals surface area contributed by atoms with Crippen LogP contribution < -0.4 is 10.1 Å². The van der Waals surface area contributed by atoms with Crippen LogP contribution >= 0.6 is 11.8 Å². The van der Waals surface area contributed by atoms with Crippen molar-refractivity contribution in [1.82, 2.24) is 5.32 Å². The Kier molecular flexibility index (Phi) is 5.95. The Labute approximate surface area is 132 Å². The van der Waals surface area contributed by atoms with Gasteiger partial charge in [-0.1, -0.05) is 50.2 Å². The molecule has 0 aliphatic carbocycles. The average molecular weight is 303 g/mol. The molecule has 0 amide bonds. The lowest BCUT2D eigenvalue weighted by atomic mass is 10.0. The molecule has 0 saturated heterocycles. The van der Waals surface area contributed by atoms with Crippen LogP contribution in [0.25, 0.3) is 10.8 Å². The summed E-state index contributed by atoms with van der Waals surface area (Å²) < 4.78 is 6.13. The highest BCUT2D eigenvalue weighted by atomic mass is 32.2. The predicted molar refractivity (Wildman–Crippen MR) is 94.5 cm³/mol. The molecule has 0 aromatic heterocycles. The van der Waals surface area contributed by atoms with E-state index in [0.29, 0.717) is 6.04 Å². The van der Waals surface area contributed by atoms with Crippen molar-refractivity contribution >= 4 is 22.5 Å². The highest BCUT2D eigenvalue weighted by Crippen LogP contribution is 2.34. The molecule has 3 heteroatoms. The second-order valence-electron chi connectivity index (χ2n) is 5.59. The van der Waals surface area contributed by atoms with Crippen LogP contribution in [0.4, 0.5) is 0 Å². The minimum absolute atomic E-state index is 0.277. The van der Waals surface area contributed by atoms with E-state index in [1.54, 1.807) is 0 Å². The van der Waals surface area contributed by atoms with Gasteiger partial charge in [-0.15, -0.1) is 0 Å². The van der Waals surface area contributed by atoms with E-state index >= 15 is 0 Å². The van der Waals surface area contributed by atoms with Gasteiger partial charge in [0.25, 0.3) is 0 Å². The predicted octanol–water partition coefficient (Wildman–Crippen LogP) is 4.64. The van der Waals surface area contributed by atoms with Crippen molar-refractivity contribution in [3.05, 3.63) is 42.0 Å². The van der Waals surface area contributed by atoms with E-state index in [0.717, 1.165) is 18.1 Å². The molecule has 0 saturated carbocycles. The molecule has 0 aliphatic rings. The molecule has 1 N–H and O–H groups in total. The SMILES string of the molecule is CSCCOc1c(C(C)NC(C)C)ccc2ccccc12. The van der Waals surface area contributed by atoms with Gasteiger partial charge in [-0.3, -0.25) is 0 Å². The van der Waals surface area contributed by atoms with Crippen molar-refractivity contribution in [2.45, 2.75) is 32.9 Å². The van der Waals surface area contributed by atoms with Crippen molar-refractivity contribution in [1.29, 1.82) is 0 Å². The maximum Gasteiger partial charge on any atom is 0.131 e. The normalized spacial score (nSPS) is 12.8. The quantitative estimate of drug-likeness (QED) is 0.753. The van der Waals surface area contributed by atoms with E-state index in [-0.39, 0.29) is 6.04 Å². The van der Waals surface area contributed by atoms with E-state index in [4.69, 9.17) is 4.74 Å². The fourth-order valence-corrected chi connectivity index (χ4v) is 2.83. The summed E-state index contributed by atoms with van der Waals surface area (Å²) in [5.41, 5.74) is 1.24. The summed E-state index contributed by atoms with van der Waals surface area (Å²) in [5, 5.41) is 6.01. The summed E-state index contributed by atoms with van der Waals surface area (Å²) in [4.78, 5) is 0. The van der Waals surface area contributed by atoms with Gasteiger partial charge in [0.1, 0.15) is 5.75 Å². The Morgan fingerprint density at radius 2 is 1.86 bits per heavy atom. The zero-order valence-electron chi connectivity index (χ0n) is 13.3. The molecule has 1 atom stereocenters. The van der Waals surface area contributed by atoms with E-state index in [2.05, 4.69) is 68.7 Å². The number of hydrogen-bond acceptors (Lipinski definition) is 3. The summed E-state index contributed by atoms with van der Waals surface area (Å²) in [5.74, 6) is 2.04. The molecule has 0 radical (unpaired) electrons. The van der Waals surface area contributed by atoms with Gasteiger partial charge in [0.15, 0.2) is 0 Å². The number of fused-ring (bicyclic) bond motifs is 1. The average Bonchev–Trinajstić information content (AvgIpc) is 2.46. The van der Waals surface area contributed by atoms with Crippen LogP contribution in [0, 0.1) is 0 Å². The lowest BCUT2D eigenvalue weighted by Crippen LogP contribution is -2.26. The molecular weight excluding hydrogens is 278 g/mol.